The molecule has 5 fully saturated rings. The van der Waals surface area contributed by atoms with Crippen molar-refractivity contribution in [3.63, 3.8) is 0 Å². The van der Waals surface area contributed by atoms with Gasteiger partial charge in [0.25, 0.3) is 0 Å². The maximum Gasteiger partial charge on any atom is 0.129 e. The molecule has 1 aromatic carbocycles. The number of nitrogens with one attached hydrogen (secondary N) is 1. The quantitative estimate of drug-likeness (QED) is 0.868. The van der Waals surface area contributed by atoms with Crippen molar-refractivity contribution in [3.05, 3.63) is 35.4 Å². The molecule has 24 heavy (non-hydrogen) atoms. The third kappa shape index (κ3) is 2.12. The highest BCUT2D eigenvalue weighted by atomic mass is 19.1. The molecule has 5 aliphatic rings. The summed E-state index contributed by atoms with van der Waals surface area (Å²) < 4.78 is 27.9. The molecular formula is C20H25F2NO. The van der Waals surface area contributed by atoms with Gasteiger partial charge in [-0.2, -0.15) is 0 Å². The Hall–Kier alpha value is -1.00. The van der Waals surface area contributed by atoms with E-state index in [-0.39, 0.29) is 5.41 Å². The minimum atomic E-state index is -0.651. The first-order valence-electron chi connectivity index (χ1n) is 9.39. The fourth-order valence-electron chi connectivity index (χ4n) is 7.07. The van der Waals surface area contributed by atoms with Crippen molar-refractivity contribution in [2.75, 3.05) is 6.54 Å². The maximum absolute atomic E-state index is 14.5. The van der Waals surface area contributed by atoms with Gasteiger partial charge in [-0.05, 0) is 80.9 Å². The van der Waals surface area contributed by atoms with Crippen LogP contribution >= 0.6 is 0 Å². The van der Waals surface area contributed by atoms with E-state index in [2.05, 4.69) is 5.32 Å². The Morgan fingerprint density at radius 2 is 1.83 bits per heavy atom. The van der Waals surface area contributed by atoms with Crippen LogP contribution in [-0.4, -0.2) is 23.3 Å². The monoisotopic (exact) mass is 333 g/mol. The van der Waals surface area contributed by atoms with Gasteiger partial charge in [-0.25, -0.2) is 8.78 Å². The van der Waals surface area contributed by atoms with E-state index in [1.54, 1.807) is 6.07 Å². The molecule has 0 radical (unpaired) electrons. The van der Waals surface area contributed by atoms with Crippen LogP contribution < -0.4 is 5.32 Å². The van der Waals surface area contributed by atoms with E-state index in [0.29, 0.717) is 35.8 Å². The van der Waals surface area contributed by atoms with Crippen molar-refractivity contribution in [2.45, 2.75) is 62.0 Å². The molecule has 0 aromatic heterocycles. The zero-order chi connectivity index (χ0) is 16.5. The lowest BCUT2D eigenvalue weighted by atomic mass is 9.42. The Morgan fingerprint density at radius 1 is 1.08 bits per heavy atom. The van der Waals surface area contributed by atoms with Crippen LogP contribution in [0, 0.1) is 29.4 Å². The normalized spacial score (nSPS) is 46.6. The van der Waals surface area contributed by atoms with E-state index in [1.807, 2.05) is 0 Å². The van der Waals surface area contributed by atoms with Crippen LogP contribution in [-0.2, 0) is 5.41 Å². The lowest BCUT2D eigenvalue weighted by Crippen LogP contribution is -2.63. The Kier molecular flexibility index (Phi) is 3.19. The molecule has 4 saturated carbocycles. The topological polar surface area (TPSA) is 32.3 Å². The van der Waals surface area contributed by atoms with E-state index in [4.69, 9.17) is 0 Å². The maximum atomic E-state index is 14.5. The van der Waals surface area contributed by atoms with Gasteiger partial charge in [0.2, 0.25) is 0 Å². The summed E-state index contributed by atoms with van der Waals surface area (Å²) in [6.07, 6.45) is 6.71. The summed E-state index contributed by atoms with van der Waals surface area (Å²) in [5.74, 6) is 0.570. The van der Waals surface area contributed by atoms with Crippen LogP contribution in [0.25, 0.3) is 0 Å². The van der Waals surface area contributed by atoms with Crippen molar-refractivity contribution in [2.24, 2.45) is 17.8 Å². The highest BCUT2D eigenvalue weighted by Crippen LogP contribution is 2.65. The van der Waals surface area contributed by atoms with Crippen molar-refractivity contribution in [3.8, 4) is 0 Å². The smallest absolute Gasteiger partial charge is 0.129 e. The van der Waals surface area contributed by atoms with Crippen molar-refractivity contribution < 1.29 is 13.9 Å². The second-order valence-electron chi connectivity index (χ2n) is 8.92. The minimum absolute atomic E-state index is 0.298. The molecule has 4 bridgehead atoms. The van der Waals surface area contributed by atoms with Gasteiger partial charge in [-0.1, -0.05) is 6.07 Å². The molecule has 0 amide bonds. The van der Waals surface area contributed by atoms with E-state index in [1.165, 1.54) is 18.9 Å². The summed E-state index contributed by atoms with van der Waals surface area (Å²) in [4.78, 5) is 0. The molecule has 1 aliphatic heterocycles. The van der Waals surface area contributed by atoms with Crippen LogP contribution in [0.3, 0.4) is 0 Å². The molecule has 4 aliphatic carbocycles. The second-order valence-corrected chi connectivity index (χ2v) is 8.92. The summed E-state index contributed by atoms with van der Waals surface area (Å²) in [5.41, 5.74) is -0.315. The Morgan fingerprint density at radius 3 is 2.46 bits per heavy atom. The van der Waals surface area contributed by atoms with Gasteiger partial charge in [-0.3, -0.25) is 0 Å². The van der Waals surface area contributed by atoms with Gasteiger partial charge in [-0.15, -0.1) is 0 Å². The highest BCUT2D eigenvalue weighted by molar-refractivity contribution is 5.33. The first-order valence-corrected chi connectivity index (χ1v) is 9.39. The van der Waals surface area contributed by atoms with Gasteiger partial charge in [0, 0.05) is 17.5 Å². The van der Waals surface area contributed by atoms with Gasteiger partial charge in [0.15, 0.2) is 0 Å². The number of rotatable bonds is 2. The molecule has 6 rings (SSSR count). The standard InChI is InChI=1S/C20H25F2NO/c21-14-3-4-15(16(22)6-14)19-7-12-9-20(24,11-19)10-13(8-19)18(12)17-2-1-5-23-17/h3-4,6,12-13,17-18,23-24H,1-2,5,7-11H2. The first-order chi connectivity index (χ1) is 11.5. The van der Waals surface area contributed by atoms with Gasteiger partial charge < -0.3 is 10.4 Å². The fourth-order valence-corrected chi connectivity index (χ4v) is 7.07. The zero-order valence-electron chi connectivity index (χ0n) is 13.9. The predicted octanol–water partition coefficient (Wildman–Crippen LogP) is 3.53. The molecule has 1 aromatic rings. The van der Waals surface area contributed by atoms with Crippen LogP contribution in [0.2, 0.25) is 0 Å². The molecule has 3 atom stereocenters. The SMILES string of the molecule is OC12CC3CC(c4ccc(F)cc4F)(CC(C1)C3C1CCCN1)C2. The molecule has 3 unspecified atom stereocenters. The zero-order valence-corrected chi connectivity index (χ0v) is 13.9. The first kappa shape index (κ1) is 15.3. The predicted molar refractivity (Wildman–Crippen MR) is 87.6 cm³/mol. The summed E-state index contributed by atoms with van der Waals surface area (Å²) in [5, 5.41) is 14.8. The molecule has 130 valence electrons. The van der Waals surface area contributed by atoms with Gasteiger partial charge in [0.1, 0.15) is 11.6 Å². The van der Waals surface area contributed by atoms with Crippen molar-refractivity contribution in [1.29, 1.82) is 0 Å². The summed E-state index contributed by atoms with van der Waals surface area (Å²) >= 11 is 0. The van der Waals surface area contributed by atoms with Crippen molar-refractivity contribution >= 4 is 0 Å². The molecular weight excluding hydrogens is 308 g/mol. The Balaban J connectivity index is 1.54. The summed E-state index contributed by atoms with van der Waals surface area (Å²) in [6, 6.07) is 4.58. The average molecular weight is 333 g/mol. The minimum Gasteiger partial charge on any atom is -0.390 e. The van der Waals surface area contributed by atoms with Crippen LogP contribution in [0.15, 0.2) is 18.2 Å². The third-order valence-electron chi connectivity index (χ3n) is 7.41. The van der Waals surface area contributed by atoms with Crippen molar-refractivity contribution in [1.82, 2.24) is 5.32 Å². The average Bonchev–Trinajstić information content (AvgIpc) is 2.98. The van der Waals surface area contributed by atoms with Crippen LogP contribution in [0.4, 0.5) is 8.78 Å². The number of hydrogen-bond acceptors (Lipinski definition) is 2. The van der Waals surface area contributed by atoms with Gasteiger partial charge >= 0.3 is 0 Å². The highest BCUT2D eigenvalue weighted by Gasteiger charge is 2.62. The number of aliphatic hydroxyl groups is 1. The second kappa shape index (κ2) is 5.01. The lowest BCUT2D eigenvalue weighted by Gasteiger charge is -2.64. The van der Waals surface area contributed by atoms with Crippen LogP contribution in [0.1, 0.15) is 50.5 Å². The molecule has 0 spiro atoms. The molecule has 1 heterocycles. The number of hydrogen-bond donors (Lipinski definition) is 2. The van der Waals surface area contributed by atoms with Crippen LogP contribution in [0.5, 0.6) is 0 Å². The fraction of sp³-hybridized carbons (Fsp3) is 0.700. The van der Waals surface area contributed by atoms with E-state index < -0.39 is 17.2 Å². The van der Waals surface area contributed by atoms with E-state index in [9.17, 15) is 13.9 Å². The van der Waals surface area contributed by atoms with Gasteiger partial charge in [0.05, 0.1) is 5.60 Å². The van der Waals surface area contributed by atoms with E-state index in [0.717, 1.165) is 38.3 Å². The summed E-state index contributed by atoms with van der Waals surface area (Å²) in [6.45, 7) is 1.10. The largest absolute Gasteiger partial charge is 0.390 e. The Labute approximate surface area is 141 Å². The molecule has 1 saturated heterocycles. The molecule has 2 nitrogen and oxygen atoms in total. The third-order valence-corrected chi connectivity index (χ3v) is 7.41. The lowest BCUT2D eigenvalue weighted by molar-refractivity contribution is -0.169. The molecule has 4 heteroatoms. The van der Waals surface area contributed by atoms with E-state index >= 15 is 0 Å². The number of benzene rings is 1. The Bertz CT molecular complexity index is 654. The number of halogens is 2. The summed E-state index contributed by atoms with van der Waals surface area (Å²) in [7, 11) is 0. The molecule has 2 N–H and O–H groups in total.